The second-order valence-electron chi connectivity index (χ2n) is 8.31. The van der Waals surface area contributed by atoms with Gasteiger partial charge in [-0.05, 0) is 76.2 Å². The highest BCUT2D eigenvalue weighted by atomic mass is 32.2. The van der Waals surface area contributed by atoms with Crippen LogP contribution >= 0.6 is 0 Å². The Labute approximate surface area is 178 Å². The van der Waals surface area contributed by atoms with E-state index in [0.29, 0.717) is 16.9 Å². The highest BCUT2D eigenvalue weighted by Crippen LogP contribution is 2.33. The third kappa shape index (κ3) is 4.47. The van der Waals surface area contributed by atoms with Crippen LogP contribution in [0.15, 0.2) is 53.7 Å². The van der Waals surface area contributed by atoms with Crippen LogP contribution in [0.5, 0.6) is 0 Å². The van der Waals surface area contributed by atoms with Gasteiger partial charge in [-0.3, -0.25) is 4.98 Å². The molecule has 30 heavy (non-hydrogen) atoms. The number of benzene rings is 1. The number of aromatic nitrogens is 2. The molecule has 1 aromatic carbocycles. The number of anilines is 2. The third-order valence-corrected chi connectivity index (χ3v) is 7.01. The Kier molecular flexibility index (Phi) is 5.75. The van der Waals surface area contributed by atoms with Crippen LogP contribution in [0.25, 0.3) is 10.8 Å². The standard InChI is InChI=1S/C23H28N4O2S/c1-16(2)27-12-9-17(10-13-27)23-21-14-22(25-15-18(21)8-11-24-23)26-19-4-6-20(7-5-19)30(3,28)29/h4-8,11,14-17H,9-10,12-13H2,1-3H3,(H,25,26). The largest absolute Gasteiger partial charge is 0.340 e. The van der Waals surface area contributed by atoms with Crippen LogP contribution in [0, 0.1) is 0 Å². The number of hydrogen-bond acceptors (Lipinski definition) is 6. The minimum absolute atomic E-state index is 0.304. The molecule has 1 saturated heterocycles. The number of pyridine rings is 2. The summed E-state index contributed by atoms with van der Waals surface area (Å²) in [5.41, 5.74) is 1.94. The van der Waals surface area contributed by atoms with Gasteiger partial charge in [0.05, 0.1) is 10.6 Å². The molecule has 1 aliphatic rings. The Morgan fingerprint density at radius 3 is 2.40 bits per heavy atom. The summed E-state index contributed by atoms with van der Waals surface area (Å²) < 4.78 is 23.3. The molecule has 1 N–H and O–H groups in total. The van der Waals surface area contributed by atoms with E-state index >= 15 is 0 Å². The average Bonchev–Trinajstić information content (AvgIpc) is 2.73. The van der Waals surface area contributed by atoms with Crippen LogP contribution in [0.4, 0.5) is 11.5 Å². The van der Waals surface area contributed by atoms with Gasteiger partial charge in [-0.1, -0.05) is 0 Å². The number of hydrogen-bond donors (Lipinski definition) is 1. The Hall–Kier alpha value is -2.51. The molecular formula is C23H28N4O2S. The van der Waals surface area contributed by atoms with E-state index in [2.05, 4.69) is 35.1 Å². The first-order chi connectivity index (χ1) is 14.3. The molecule has 1 fully saturated rings. The molecule has 1 aliphatic heterocycles. The van der Waals surface area contributed by atoms with E-state index < -0.39 is 9.84 Å². The molecule has 0 radical (unpaired) electrons. The molecule has 7 heteroatoms. The Morgan fingerprint density at radius 2 is 1.77 bits per heavy atom. The smallest absolute Gasteiger partial charge is 0.175 e. The molecule has 6 nitrogen and oxygen atoms in total. The number of nitrogens with one attached hydrogen (secondary N) is 1. The molecule has 2 aromatic heterocycles. The molecule has 4 rings (SSSR count). The van der Waals surface area contributed by atoms with Gasteiger partial charge in [0.25, 0.3) is 0 Å². The van der Waals surface area contributed by atoms with Crippen LogP contribution in [0.2, 0.25) is 0 Å². The average molecular weight is 425 g/mol. The van der Waals surface area contributed by atoms with E-state index in [1.54, 1.807) is 24.3 Å². The summed E-state index contributed by atoms with van der Waals surface area (Å²) in [6.07, 6.45) is 7.19. The van der Waals surface area contributed by atoms with Gasteiger partial charge in [0, 0.05) is 47.1 Å². The predicted molar refractivity (Wildman–Crippen MR) is 121 cm³/mol. The van der Waals surface area contributed by atoms with Gasteiger partial charge in [-0.2, -0.15) is 0 Å². The summed E-state index contributed by atoms with van der Waals surface area (Å²) in [7, 11) is -3.20. The van der Waals surface area contributed by atoms with Crippen LogP contribution in [0.1, 0.15) is 38.3 Å². The molecule has 0 amide bonds. The monoisotopic (exact) mass is 424 g/mol. The maximum atomic E-state index is 11.7. The van der Waals surface area contributed by atoms with Crippen LogP contribution < -0.4 is 5.32 Å². The Balaban J connectivity index is 1.59. The van der Waals surface area contributed by atoms with Crippen LogP contribution in [-0.4, -0.2) is 48.7 Å². The van der Waals surface area contributed by atoms with Crippen molar-refractivity contribution in [1.29, 1.82) is 0 Å². The summed E-state index contributed by atoms with van der Waals surface area (Å²) in [6.45, 7) is 6.71. The quantitative estimate of drug-likeness (QED) is 0.656. The van der Waals surface area contributed by atoms with Gasteiger partial charge in [-0.25, -0.2) is 13.4 Å². The van der Waals surface area contributed by atoms with Crippen molar-refractivity contribution in [2.24, 2.45) is 0 Å². The molecule has 0 spiro atoms. The maximum absolute atomic E-state index is 11.7. The molecule has 0 atom stereocenters. The van der Waals surface area contributed by atoms with Gasteiger partial charge in [0.15, 0.2) is 9.84 Å². The summed E-state index contributed by atoms with van der Waals surface area (Å²) in [6, 6.07) is 11.4. The number of nitrogens with zero attached hydrogens (tertiary/aromatic N) is 3. The van der Waals surface area contributed by atoms with Gasteiger partial charge in [-0.15, -0.1) is 0 Å². The highest BCUT2D eigenvalue weighted by molar-refractivity contribution is 7.90. The maximum Gasteiger partial charge on any atom is 0.175 e. The molecule has 3 heterocycles. The van der Waals surface area contributed by atoms with Crippen molar-refractivity contribution in [2.75, 3.05) is 24.7 Å². The summed E-state index contributed by atoms with van der Waals surface area (Å²) in [5.74, 6) is 1.18. The van der Waals surface area contributed by atoms with Crippen LogP contribution in [-0.2, 0) is 9.84 Å². The first-order valence-electron chi connectivity index (χ1n) is 10.4. The van der Waals surface area contributed by atoms with Gasteiger partial charge in [0.2, 0.25) is 0 Å². The van der Waals surface area contributed by atoms with E-state index in [-0.39, 0.29) is 0 Å². The fraction of sp³-hybridized carbons (Fsp3) is 0.391. The zero-order valence-corrected chi connectivity index (χ0v) is 18.5. The topological polar surface area (TPSA) is 75.2 Å². The van der Waals surface area contributed by atoms with E-state index in [9.17, 15) is 8.42 Å². The highest BCUT2D eigenvalue weighted by Gasteiger charge is 2.24. The zero-order chi connectivity index (χ0) is 21.3. The lowest BCUT2D eigenvalue weighted by Crippen LogP contribution is -2.38. The molecule has 0 bridgehead atoms. The van der Waals surface area contributed by atoms with Crippen molar-refractivity contribution in [3.8, 4) is 0 Å². The minimum atomic E-state index is -3.20. The lowest BCUT2D eigenvalue weighted by atomic mass is 9.90. The van der Waals surface area contributed by atoms with Gasteiger partial charge >= 0.3 is 0 Å². The van der Waals surface area contributed by atoms with Crippen molar-refractivity contribution in [1.82, 2.24) is 14.9 Å². The number of fused-ring (bicyclic) bond motifs is 1. The molecule has 0 aliphatic carbocycles. The second kappa shape index (κ2) is 8.32. The van der Waals surface area contributed by atoms with Crippen molar-refractivity contribution < 1.29 is 8.42 Å². The van der Waals surface area contributed by atoms with E-state index in [1.807, 2.05) is 18.5 Å². The zero-order valence-electron chi connectivity index (χ0n) is 17.7. The predicted octanol–water partition coefficient (Wildman–Crippen LogP) is 4.36. The van der Waals surface area contributed by atoms with Crippen molar-refractivity contribution >= 4 is 32.1 Å². The molecule has 158 valence electrons. The molecule has 0 saturated carbocycles. The second-order valence-corrected chi connectivity index (χ2v) is 10.3. The van der Waals surface area contributed by atoms with Crippen molar-refractivity contribution in [2.45, 2.75) is 43.5 Å². The summed E-state index contributed by atoms with van der Waals surface area (Å²) in [4.78, 5) is 12.1. The summed E-state index contributed by atoms with van der Waals surface area (Å²) >= 11 is 0. The third-order valence-electron chi connectivity index (χ3n) is 5.88. The molecule has 0 unspecified atom stereocenters. The van der Waals surface area contributed by atoms with E-state index in [1.165, 1.54) is 6.26 Å². The SMILES string of the molecule is CC(C)N1CCC(c2nccc3cnc(Nc4ccc(S(C)(=O)=O)cc4)cc23)CC1. The Bertz CT molecular complexity index is 1140. The minimum Gasteiger partial charge on any atom is -0.340 e. The van der Waals surface area contributed by atoms with E-state index in [0.717, 1.165) is 53.9 Å². The summed E-state index contributed by atoms with van der Waals surface area (Å²) in [5, 5.41) is 5.50. The van der Waals surface area contributed by atoms with Gasteiger partial charge in [0.1, 0.15) is 5.82 Å². The van der Waals surface area contributed by atoms with Crippen LogP contribution in [0.3, 0.4) is 0 Å². The molecule has 3 aromatic rings. The lowest BCUT2D eigenvalue weighted by molar-refractivity contribution is 0.171. The normalized spacial score (nSPS) is 16.3. The fourth-order valence-corrected chi connectivity index (χ4v) is 4.73. The fourth-order valence-electron chi connectivity index (χ4n) is 4.10. The first kappa shape index (κ1) is 20.8. The lowest BCUT2D eigenvalue weighted by Gasteiger charge is -2.34. The first-order valence-corrected chi connectivity index (χ1v) is 12.3. The van der Waals surface area contributed by atoms with E-state index in [4.69, 9.17) is 4.98 Å². The number of likely N-dealkylation sites (tertiary alicyclic amines) is 1. The number of rotatable bonds is 5. The van der Waals surface area contributed by atoms with Crippen molar-refractivity contribution in [3.63, 3.8) is 0 Å². The van der Waals surface area contributed by atoms with Gasteiger partial charge < -0.3 is 10.2 Å². The number of piperidine rings is 1. The Morgan fingerprint density at radius 1 is 1.07 bits per heavy atom. The number of sulfone groups is 1. The molecular weight excluding hydrogens is 396 g/mol. The van der Waals surface area contributed by atoms with Crippen molar-refractivity contribution in [3.05, 3.63) is 54.5 Å².